The fourth-order valence-corrected chi connectivity index (χ4v) is 0.476. The highest BCUT2D eigenvalue weighted by molar-refractivity contribution is 5.85. The number of likely N-dealkylation sites (N-methyl/N-ethyl adjacent to an activating group) is 1. The third-order valence-electron chi connectivity index (χ3n) is 1.29. The second-order valence-electron chi connectivity index (χ2n) is 2.75. The van der Waals surface area contributed by atoms with Gasteiger partial charge >= 0.3 is 0 Å². The number of nitrogens with two attached hydrogens (primary N) is 1. The monoisotopic (exact) mass is 182 g/mol. The summed E-state index contributed by atoms with van der Waals surface area (Å²) in [6, 6.07) is -0.863. The van der Waals surface area contributed by atoms with Crippen molar-refractivity contribution in [2.45, 2.75) is 25.5 Å². The molecule has 4 N–H and O–H groups in total. The molecular formula is C6H15ClN2O2. The second kappa shape index (κ2) is 4.54. The van der Waals surface area contributed by atoms with Gasteiger partial charge in [-0.05, 0) is 13.8 Å². The van der Waals surface area contributed by atoms with Crippen molar-refractivity contribution in [3.63, 3.8) is 0 Å². The van der Waals surface area contributed by atoms with Crippen LogP contribution in [0.1, 0.15) is 13.8 Å². The summed E-state index contributed by atoms with van der Waals surface area (Å²) in [7, 11) is 1.48. The average Bonchev–Trinajstić information content (AvgIpc) is 1.83. The maximum Gasteiger partial charge on any atom is 0.239 e. The quantitative estimate of drug-likeness (QED) is 0.526. The Hall–Kier alpha value is -0.320. The van der Waals surface area contributed by atoms with Crippen molar-refractivity contribution in [2.75, 3.05) is 7.05 Å². The van der Waals surface area contributed by atoms with Gasteiger partial charge in [0.1, 0.15) is 6.04 Å². The summed E-state index contributed by atoms with van der Waals surface area (Å²) in [5.41, 5.74) is 4.19. The van der Waals surface area contributed by atoms with E-state index in [0.29, 0.717) is 0 Å². The molecule has 68 valence electrons. The molecule has 0 fully saturated rings. The Labute approximate surface area is 72.6 Å². The molecule has 0 radical (unpaired) electrons. The summed E-state index contributed by atoms with van der Waals surface area (Å²) in [6.07, 6.45) is 0. The Kier molecular flexibility index (Phi) is 5.48. The zero-order valence-corrected chi connectivity index (χ0v) is 7.73. The molecule has 0 aliphatic heterocycles. The Morgan fingerprint density at radius 2 is 2.00 bits per heavy atom. The maximum atomic E-state index is 10.8. The number of hydrogen-bond donors (Lipinski definition) is 3. The fraction of sp³-hybridized carbons (Fsp3) is 0.833. The minimum Gasteiger partial charge on any atom is -0.388 e. The molecule has 0 rings (SSSR count). The number of carbonyl (C=O) groups is 1. The molecule has 4 nitrogen and oxygen atoms in total. The van der Waals surface area contributed by atoms with Gasteiger partial charge in [-0.15, -0.1) is 12.4 Å². The van der Waals surface area contributed by atoms with E-state index in [1.807, 2.05) is 0 Å². The van der Waals surface area contributed by atoms with E-state index >= 15 is 0 Å². The fourth-order valence-electron chi connectivity index (χ4n) is 0.476. The van der Waals surface area contributed by atoms with Crippen molar-refractivity contribution >= 4 is 18.3 Å². The van der Waals surface area contributed by atoms with Crippen molar-refractivity contribution < 1.29 is 9.90 Å². The molecule has 0 unspecified atom stereocenters. The van der Waals surface area contributed by atoms with Crippen LogP contribution in [0.25, 0.3) is 0 Å². The normalized spacial score (nSPS) is 13.2. The lowest BCUT2D eigenvalue weighted by atomic mass is 9.99. The molecule has 0 aliphatic rings. The van der Waals surface area contributed by atoms with E-state index in [1.54, 1.807) is 0 Å². The first kappa shape index (κ1) is 13.3. The van der Waals surface area contributed by atoms with Crippen LogP contribution >= 0.6 is 12.4 Å². The number of rotatable bonds is 2. The van der Waals surface area contributed by atoms with E-state index < -0.39 is 11.6 Å². The van der Waals surface area contributed by atoms with Crippen LogP contribution in [0.3, 0.4) is 0 Å². The molecule has 0 heterocycles. The summed E-state index contributed by atoms with van der Waals surface area (Å²) in [4.78, 5) is 10.8. The minimum atomic E-state index is -1.15. The molecule has 0 spiro atoms. The van der Waals surface area contributed by atoms with Crippen LogP contribution in [0.15, 0.2) is 0 Å². The zero-order valence-electron chi connectivity index (χ0n) is 6.92. The number of hydrogen-bond acceptors (Lipinski definition) is 3. The summed E-state index contributed by atoms with van der Waals surface area (Å²) in [5, 5.41) is 11.5. The largest absolute Gasteiger partial charge is 0.388 e. The van der Waals surface area contributed by atoms with E-state index in [9.17, 15) is 9.90 Å². The number of aliphatic hydroxyl groups is 1. The van der Waals surface area contributed by atoms with E-state index in [-0.39, 0.29) is 18.3 Å². The lowest BCUT2D eigenvalue weighted by Gasteiger charge is -2.23. The third kappa shape index (κ3) is 4.19. The predicted molar refractivity (Wildman–Crippen MR) is 45.6 cm³/mol. The third-order valence-corrected chi connectivity index (χ3v) is 1.29. The van der Waals surface area contributed by atoms with Crippen molar-refractivity contribution in [3.05, 3.63) is 0 Å². The average molecular weight is 183 g/mol. The Morgan fingerprint density at radius 1 is 1.64 bits per heavy atom. The van der Waals surface area contributed by atoms with Crippen LogP contribution in [0, 0.1) is 0 Å². The van der Waals surface area contributed by atoms with Gasteiger partial charge in [-0.2, -0.15) is 0 Å². The van der Waals surface area contributed by atoms with Crippen molar-refractivity contribution in [2.24, 2.45) is 5.73 Å². The molecule has 1 atom stereocenters. The summed E-state index contributed by atoms with van der Waals surface area (Å²) in [6.45, 7) is 2.99. The molecule has 0 aliphatic carbocycles. The Balaban J connectivity index is 0. The molecule has 0 aromatic heterocycles. The van der Waals surface area contributed by atoms with Gasteiger partial charge in [0.05, 0.1) is 5.60 Å². The van der Waals surface area contributed by atoms with Gasteiger partial charge in [0, 0.05) is 7.05 Å². The molecule has 0 aromatic carbocycles. The molecule has 5 heteroatoms. The second-order valence-corrected chi connectivity index (χ2v) is 2.75. The maximum absolute atomic E-state index is 10.8. The van der Waals surface area contributed by atoms with Crippen LogP contribution in [0.4, 0.5) is 0 Å². The number of carbonyl (C=O) groups excluding carboxylic acids is 1. The highest BCUT2D eigenvalue weighted by Gasteiger charge is 2.28. The number of halogens is 1. The molecule has 0 aromatic rings. The van der Waals surface area contributed by atoms with Crippen LogP contribution in [0.2, 0.25) is 0 Å². The smallest absolute Gasteiger partial charge is 0.239 e. The molecule has 11 heavy (non-hydrogen) atoms. The van der Waals surface area contributed by atoms with Gasteiger partial charge in [-0.25, -0.2) is 0 Å². The lowest BCUT2D eigenvalue weighted by molar-refractivity contribution is -0.126. The van der Waals surface area contributed by atoms with E-state index in [2.05, 4.69) is 5.32 Å². The van der Waals surface area contributed by atoms with Gasteiger partial charge in [-0.1, -0.05) is 0 Å². The van der Waals surface area contributed by atoms with Crippen LogP contribution in [-0.2, 0) is 4.79 Å². The first-order valence-corrected chi connectivity index (χ1v) is 3.09. The van der Waals surface area contributed by atoms with Crippen LogP contribution in [-0.4, -0.2) is 29.7 Å². The van der Waals surface area contributed by atoms with Crippen molar-refractivity contribution in [1.82, 2.24) is 5.32 Å². The highest BCUT2D eigenvalue weighted by atomic mass is 35.5. The number of amides is 1. The van der Waals surface area contributed by atoms with Crippen LogP contribution < -0.4 is 11.1 Å². The van der Waals surface area contributed by atoms with Gasteiger partial charge in [0.25, 0.3) is 0 Å². The molecule has 0 saturated carbocycles. The molecular weight excluding hydrogens is 168 g/mol. The summed E-state index contributed by atoms with van der Waals surface area (Å²) < 4.78 is 0. The van der Waals surface area contributed by atoms with Crippen molar-refractivity contribution in [1.29, 1.82) is 0 Å². The van der Waals surface area contributed by atoms with E-state index in [4.69, 9.17) is 5.73 Å². The first-order chi connectivity index (χ1) is 4.39. The van der Waals surface area contributed by atoms with Gasteiger partial charge in [0.15, 0.2) is 0 Å². The Morgan fingerprint density at radius 3 is 2.09 bits per heavy atom. The zero-order chi connectivity index (χ0) is 8.36. The van der Waals surface area contributed by atoms with Crippen molar-refractivity contribution in [3.8, 4) is 0 Å². The SMILES string of the molecule is CNC(=O)[C@@H](N)C(C)(C)O.Cl. The molecule has 0 saturated heterocycles. The van der Waals surface area contributed by atoms with Gasteiger partial charge < -0.3 is 16.2 Å². The van der Waals surface area contributed by atoms with E-state index in [0.717, 1.165) is 0 Å². The molecule has 0 bridgehead atoms. The standard InChI is InChI=1S/C6H14N2O2.ClH/c1-6(2,10)4(7)5(9)8-3;/h4,10H,7H2,1-3H3,(H,8,9);1H/t4-;/m1./s1. The van der Waals surface area contributed by atoms with Crippen LogP contribution in [0.5, 0.6) is 0 Å². The topological polar surface area (TPSA) is 75.4 Å². The summed E-state index contributed by atoms with van der Waals surface area (Å²) in [5.74, 6) is -0.354. The predicted octanol–water partition coefficient (Wildman–Crippen LogP) is -0.748. The summed E-state index contributed by atoms with van der Waals surface area (Å²) >= 11 is 0. The molecule has 1 amide bonds. The first-order valence-electron chi connectivity index (χ1n) is 3.09. The lowest BCUT2D eigenvalue weighted by Crippen LogP contribution is -2.52. The number of nitrogens with one attached hydrogen (secondary N) is 1. The minimum absolute atomic E-state index is 0. The highest BCUT2D eigenvalue weighted by Crippen LogP contribution is 2.04. The van der Waals surface area contributed by atoms with E-state index in [1.165, 1.54) is 20.9 Å². The van der Waals surface area contributed by atoms with Gasteiger partial charge in [0.2, 0.25) is 5.91 Å². The van der Waals surface area contributed by atoms with Gasteiger partial charge in [-0.3, -0.25) is 4.79 Å². The Bertz CT molecular complexity index is 133.